The maximum absolute atomic E-state index is 13.8. The van der Waals surface area contributed by atoms with Crippen LogP contribution in [0.3, 0.4) is 0 Å². The molecule has 7 aliphatic rings. The Kier molecular flexibility index (Phi) is 11.7. The Hall–Kier alpha value is -4.68. The number of nitrogens with one attached hydrogen (secondary N) is 2. The minimum atomic E-state index is -3.62. The second kappa shape index (κ2) is 17.2. The van der Waals surface area contributed by atoms with E-state index >= 15 is 0 Å². The Morgan fingerprint density at radius 3 is 2.40 bits per heavy atom. The van der Waals surface area contributed by atoms with Gasteiger partial charge in [-0.15, -0.1) is 0 Å². The Morgan fingerprint density at radius 1 is 0.892 bits per heavy atom. The van der Waals surface area contributed by atoms with Crippen molar-refractivity contribution in [1.29, 1.82) is 0 Å². The first-order valence-electron chi connectivity index (χ1n) is 24.3. The van der Waals surface area contributed by atoms with Crippen molar-refractivity contribution in [2.75, 3.05) is 49.5 Å². The van der Waals surface area contributed by atoms with Crippen molar-refractivity contribution in [2.45, 2.75) is 146 Å². The van der Waals surface area contributed by atoms with E-state index in [2.05, 4.69) is 22.5 Å². The number of imide groups is 1. The molecule has 2 aliphatic carbocycles. The zero-order valence-corrected chi connectivity index (χ0v) is 38.7. The number of para-hydroxylation sites is 1. The topological polar surface area (TPSA) is 192 Å². The predicted octanol–water partition coefficient (Wildman–Crippen LogP) is 4.30. The highest BCUT2D eigenvalue weighted by molar-refractivity contribution is 7.86. The lowest BCUT2D eigenvalue weighted by Crippen LogP contribution is -2.66. The van der Waals surface area contributed by atoms with E-state index in [0.29, 0.717) is 75.8 Å². The number of likely N-dealkylation sites (tertiary alicyclic amines) is 1. The SMILES string of the molecule is CC1CCCC1N1C(=O)C2(CC2)c2cnc(NC3CCN(S(=O)(=O)N4CC5(CCCN(C(=O)CCCCCCCc6cccc7c6n(C)c(=O)n7C6CCC(=O)NC6=O)C5)C4)CC3)nc21. The number of nitrogens with zero attached hydrogens (tertiary/aromatic N) is 8. The van der Waals surface area contributed by atoms with Gasteiger partial charge in [-0.2, -0.15) is 22.0 Å². The molecule has 6 fully saturated rings. The van der Waals surface area contributed by atoms with Gasteiger partial charge in [-0.3, -0.25) is 38.5 Å². The number of carbonyl (C=O) groups is 4. The van der Waals surface area contributed by atoms with Crippen LogP contribution in [-0.4, -0.2) is 116 Å². The highest BCUT2D eigenvalue weighted by Gasteiger charge is 2.62. The van der Waals surface area contributed by atoms with E-state index in [1.807, 2.05) is 34.2 Å². The van der Waals surface area contributed by atoms with E-state index in [0.717, 1.165) is 112 Å². The summed E-state index contributed by atoms with van der Waals surface area (Å²) < 4.78 is 34.0. The summed E-state index contributed by atoms with van der Waals surface area (Å²) in [5, 5.41) is 5.85. The van der Waals surface area contributed by atoms with Crippen LogP contribution in [0.15, 0.2) is 29.2 Å². The number of hydrogen-bond donors (Lipinski definition) is 2. The number of unbranched alkanes of at least 4 members (excludes halogenated alkanes) is 4. The van der Waals surface area contributed by atoms with Gasteiger partial charge in [-0.1, -0.05) is 44.7 Å². The summed E-state index contributed by atoms with van der Waals surface area (Å²) in [5.41, 5.74) is 2.67. The van der Waals surface area contributed by atoms with Gasteiger partial charge in [0, 0.05) is 88.4 Å². The smallest absolute Gasteiger partial charge is 0.329 e. The normalized spacial score (nSPS) is 25.7. The highest BCUT2D eigenvalue weighted by Crippen LogP contribution is 2.58. The summed E-state index contributed by atoms with van der Waals surface area (Å²) in [6.07, 6.45) is 16.3. The molecule has 18 heteroatoms. The molecule has 3 aromatic rings. The number of amides is 4. The number of aryl methyl sites for hydroxylation is 2. The fourth-order valence-corrected chi connectivity index (χ4v) is 14.1. The number of benzene rings is 1. The summed E-state index contributed by atoms with van der Waals surface area (Å²) in [5.74, 6) is 1.32. The minimum Gasteiger partial charge on any atom is -0.351 e. The van der Waals surface area contributed by atoms with Crippen molar-refractivity contribution in [1.82, 2.24) is 37.9 Å². The van der Waals surface area contributed by atoms with Gasteiger partial charge in [0.2, 0.25) is 29.6 Å². The molecule has 3 unspecified atom stereocenters. The molecular weight excluding hydrogens is 849 g/mol. The second-order valence-electron chi connectivity index (χ2n) is 20.4. The lowest BCUT2D eigenvalue weighted by molar-refractivity contribution is -0.138. The quantitative estimate of drug-likeness (QED) is 0.174. The molecule has 17 nitrogen and oxygen atoms in total. The summed E-state index contributed by atoms with van der Waals surface area (Å²) >= 11 is 0. The van der Waals surface area contributed by atoms with E-state index in [4.69, 9.17) is 4.98 Å². The summed E-state index contributed by atoms with van der Waals surface area (Å²) in [6.45, 7) is 5.26. The largest absolute Gasteiger partial charge is 0.351 e. The maximum Gasteiger partial charge on any atom is 0.329 e. The molecule has 10 rings (SSSR count). The number of piperidine rings is 3. The molecule has 7 heterocycles. The maximum atomic E-state index is 13.8. The first kappa shape index (κ1) is 44.2. The van der Waals surface area contributed by atoms with Gasteiger partial charge in [0.1, 0.15) is 11.9 Å². The van der Waals surface area contributed by atoms with E-state index in [1.54, 1.807) is 20.2 Å². The Labute approximate surface area is 380 Å². The van der Waals surface area contributed by atoms with Crippen LogP contribution in [0.2, 0.25) is 0 Å². The van der Waals surface area contributed by atoms with E-state index in [1.165, 1.54) is 4.57 Å². The molecule has 2 N–H and O–H groups in total. The molecule has 0 bridgehead atoms. The Morgan fingerprint density at radius 2 is 1.66 bits per heavy atom. The minimum absolute atomic E-state index is 0.0260. The van der Waals surface area contributed by atoms with Crippen molar-refractivity contribution >= 4 is 56.6 Å². The molecular formula is C47H64N10O7S. The van der Waals surface area contributed by atoms with Crippen molar-refractivity contribution in [2.24, 2.45) is 18.4 Å². The van der Waals surface area contributed by atoms with Gasteiger partial charge < -0.3 is 10.2 Å². The lowest BCUT2D eigenvalue weighted by atomic mass is 9.75. The molecule has 2 aromatic heterocycles. The first-order chi connectivity index (χ1) is 31.3. The van der Waals surface area contributed by atoms with Crippen LogP contribution >= 0.6 is 0 Å². The number of carbonyl (C=O) groups excluding carboxylic acids is 4. The molecule has 3 atom stereocenters. The fourth-order valence-electron chi connectivity index (χ4n) is 12.2. The first-order valence-corrected chi connectivity index (χ1v) is 25.7. The fraction of sp³-hybridized carbons (Fsp3) is 0.681. The number of rotatable bonds is 14. The van der Waals surface area contributed by atoms with Crippen molar-refractivity contribution < 1.29 is 27.6 Å². The number of fused-ring (bicyclic) bond motifs is 3. The van der Waals surface area contributed by atoms with Gasteiger partial charge in [0.25, 0.3) is 10.2 Å². The van der Waals surface area contributed by atoms with Crippen LogP contribution in [0.1, 0.15) is 133 Å². The molecule has 4 amide bonds. The molecule has 5 aliphatic heterocycles. The Bertz CT molecular complexity index is 2560. The predicted molar refractivity (Wildman–Crippen MR) is 244 cm³/mol. The van der Waals surface area contributed by atoms with Crippen molar-refractivity contribution in [3.05, 3.63) is 46.0 Å². The summed E-state index contributed by atoms with van der Waals surface area (Å²) in [6, 6.07) is 5.31. The third-order valence-corrected chi connectivity index (χ3v) is 18.0. The molecule has 0 radical (unpaired) electrons. The average molecular weight is 913 g/mol. The highest BCUT2D eigenvalue weighted by atomic mass is 32.2. The Balaban J connectivity index is 0.652. The second-order valence-corrected chi connectivity index (χ2v) is 22.3. The van der Waals surface area contributed by atoms with Crippen LogP contribution in [-0.2, 0) is 48.3 Å². The summed E-state index contributed by atoms with van der Waals surface area (Å²) in [7, 11) is -1.89. The lowest BCUT2D eigenvalue weighted by Gasteiger charge is -2.54. The number of hydrogen-bond acceptors (Lipinski definition) is 10. The molecule has 2 spiro atoms. The molecule has 65 heavy (non-hydrogen) atoms. The van der Waals surface area contributed by atoms with Gasteiger partial charge in [0.15, 0.2) is 0 Å². The molecule has 350 valence electrons. The zero-order chi connectivity index (χ0) is 45.3. The van der Waals surface area contributed by atoms with Crippen molar-refractivity contribution in [3.8, 4) is 0 Å². The number of imidazole rings is 1. The van der Waals surface area contributed by atoms with Crippen molar-refractivity contribution in [3.63, 3.8) is 0 Å². The third-order valence-electron chi connectivity index (χ3n) is 16.1. The zero-order valence-electron chi connectivity index (χ0n) is 37.9. The average Bonchev–Trinajstić information content (AvgIpc) is 3.85. The van der Waals surface area contributed by atoms with Crippen LogP contribution in [0.4, 0.5) is 11.8 Å². The standard InChI is InChI=1S/C47H64N10O7S/c1-31-11-8-14-35(31)57-41-34(47(22-23-47)43(57)61)27-48-44(51-41)49-33-19-25-54(26-20-33)65(63,64)55-29-46(30-55)21-10-24-53(28-46)39(59)16-7-5-3-4-6-12-32-13-9-15-36-40(32)52(2)45(62)56(36)37-17-18-38(58)50-42(37)60/h9,13,15,27,31,33,35,37H,3-8,10-12,14,16-26,28-30H2,1-2H3,(H,48,49,51)(H,50,58,60). The monoisotopic (exact) mass is 912 g/mol. The van der Waals surface area contributed by atoms with Crippen LogP contribution in [0, 0.1) is 11.3 Å². The van der Waals surface area contributed by atoms with Gasteiger partial charge in [-0.05, 0) is 94.6 Å². The van der Waals surface area contributed by atoms with Crippen LogP contribution in [0.25, 0.3) is 11.0 Å². The molecule has 2 saturated carbocycles. The van der Waals surface area contributed by atoms with E-state index in [9.17, 15) is 32.4 Å². The summed E-state index contributed by atoms with van der Waals surface area (Å²) in [4.78, 5) is 78.2. The van der Waals surface area contributed by atoms with Gasteiger partial charge >= 0.3 is 5.69 Å². The van der Waals surface area contributed by atoms with Crippen LogP contribution < -0.4 is 21.2 Å². The van der Waals surface area contributed by atoms with E-state index < -0.39 is 27.6 Å². The van der Waals surface area contributed by atoms with Gasteiger partial charge in [-0.25, -0.2) is 9.78 Å². The molecule has 4 saturated heterocycles. The number of anilines is 2. The number of aromatic nitrogens is 4. The molecule has 1 aromatic carbocycles. The third kappa shape index (κ3) is 7.98. The van der Waals surface area contributed by atoms with Crippen LogP contribution in [0.5, 0.6) is 0 Å². The van der Waals surface area contributed by atoms with Gasteiger partial charge in [0.05, 0.1) is 16.4 Å². The van der Waals surface area contributed by atoms with E-state index in [-0.39, 0.29) is 47.3 Å².